The summed E-state index contributed by atoms with van der Waals surface area (Å²) in [5, 5.41) is 0. The fourth-order valence-electron chi connectivity index (χ4n) is 0.238. The van der Waals surface area contributed by atoms with Crippen molar-refractivity contribution >= 4 is 26.0 Å². The van der Waals surface area contributed by atoms with Crippen LogP contribution in [0, 0.1) is 0 Å². The van der Waals surface area contributed by atoms with Crippen molar-refractivity contribution in [2.75, 3.05) is 0 Å². The molecule has 0 aromatic heterocycles. The van der Waals surface area contributed by atoms with Crippen molar-refractivity contribution in [3.05, 3.63) is 10.7 Å². The molecule has 0 saturated carbocycles. The minimum Gasteiger partial charge on any atom is -0.380 e. The molecule has 0 bridgehead atoms. The molecule has 0 rings (SSSR count). The summed E-state index contributed by atoms with van der Waals surface area (Å²) in [6.45, 7) is 1.07. The molecule has 0 saturated heterocycles. The van der Waals surface area contributed by atoms with Crippen LogP contribution in [0.4, 0.5) is 13.2 Å². The van der Waals surface area contributed by atoms with Crippen molar-refractivity contribution in [3.8, 4) is 0 Å². The van der Waals surface area contributed by atoms with E-state index in [2.05, 4.69) is 20.1 Å². The van der Waals surface area contributed by atoms with Crippen LogP contribution >= 0.6 is 15.9 Å². The molecule has 0 spiro atoms. The Morgan fingerprint density at radius 2 is 1.92 bits per heavy atom. The highest BCUT2D eigenvalue weighted by atomic mass is 79.9. The molecule has 3 nitrogen and oxygen atoms in total. The van der Waals surface area contributed by atoms with Crippen LogP contribution < -0.4 is 0 Å². The van der Waals surface area contributed by atoms with Gasteiger partial charge in [0.05, 0.1) is 0 Å². The zero-order valence-corrected chi connectivity index (χ0v) is 8.12. The Hall–Kier alpha value is -0.240. The van der Waals surface area contributed by atoms with Gasteiger partial charge in [-0.1, -0.05) is 15.9 Å². The Bertz CT molecular complexity index is 278. The number of rotatable bonds is 2. The lowest BCUT2D eigenvalue weighted by molar-refractivity contribution is -0.0521. The molecule has 72 valence electrons. The van der Waals surface area contributed by atoms with Gasteiger partial charge < -0.3 is 4.18 Å². The molecule has 0 aromatic rings. The lowest BCUT2D eigenvalue weighted by atomic mass is 10.7. The third kappa shape index (κ3) is 3.02. The smallest absolute Gasteiger partial charge is 0.380 e. The molecule has 0 N–H and O–H groups in total. The Labute approximate surface area is 75.5 Å². The first-order chi connectivity index (χ1) is 5.20. The van der Waals surface area contributed by atoms with E-state index in [0.29, 0.717) is 0 Å². The van der Waals surface area contributed by atoms with Crippen molar-refractivity contribution < 1.29 is 25.8 Å². The maximum absolute atomic E-state index is 11.6. The average Bonchev–Trinajstić information content (AvgIpc) is 1.84. The molecule has 0 radical (unpaired) electrons. The number of hydrogen-bond acceptors (Lipinski definition) is 3. The first kappa shape index (κ1) is 11.8. The van der Waals surface area contributed by atoms with Gasteiger partial charge in [0.1, 0.15) is 5.76 Å². The zero-order chi connectivity index (χ0) is 9.99. The monoisotopic (exact) mass is 268 g/mol. The van der Waals surface area contributed by atoms with Gasteiger partial charge in [0.15, 0.2) is 0 Å². The van der Waals surface area contributed by atoms with Crippen molar-refractivity contribution in [3.63, 3.8) is 0 Å². The van der Waals surface area contributed by atoms with Gasteiger partial charge in [-0.05, 0) is 6.92 Å². The summed E-state index contributed by atoms with van der Waals surface area (Å²) in [4.78, 5) is 0.927. The van der Waals surface area contributed by atoms with Gasteiger partial charge in [-0.3, -0.25) is 0 Å². The topological polar surface area (TPSA) is 43.4 Å². The third-order valence-electron chi connectivity index (χ3n) is 0.678. The molecule has 0 unspecified atom stereocenters. The van der Waals surface area contributed by atoms with E-state index in [1.807, 2.05) is 0 Å². The van der Waals surface area contributed by atoms with Crippen LogP contribution in [0.5, 0.6) is 0 Å². The van der Waals surface area contributed by atoms with E-state index in [1.165, 1.54) is 0 Å². The summed E-state index contributed by atoms with van der Waals surface area (Å²) < 4.78 is 58.8. The standard InChI is InChI=1S/C4H4BrF3O3S/c1-3(2-5)11-12(9,10)4(6,7)8/h2H,1H3. The van der Waals surface area contributed by atoms with Crippen LogP contribution in [0.25, 0.3) is 0 Å². The van der Waals surface area contributed by atoms with E-state index in [1.54, 1.807) is 0 Å². The molecule has 12 heavy (non-hydrogen) atoms. The second-order valence-corrected chi connectivity index (χ2v) is 3.70. The predicted octanol–water partition coefficient (Wildman–Crippen LogP) is 2.11. The number of alkyl halides is 3. The second-order valence-electron chi connectivity index (χ2n) is 1.70. The highest BCUT2D eigenvalue weighted by molar-refractivity contribution is 9.11. The SMILES string of the molecule is CC(=CBr)OS(=O)(=O)C(F)(F)F. The second kappa shape index (κ2) is 3.65. The average molecular weight is 269 g/mol. The quantitative estimate of drug-likeness (QED) is 0.438. The van der Waals surface area contributed by atoms with Crippen molar-refractivity contribution in [2.24, 2.45) is 0 Å². The first-order valence-electron chi connectivity index (χ1n) is 2.48. The maximum atomic E-state index is 11.6. The molecule has 0 aliphatic rings. The summed E-state index contributed by atoms with van der Waals surface area (Å²) in [6, 6.07) is 0. The van der Waals surface area contributed by atoms with Gasteiger partial charge >= 0.3 is 15.6 Å². The molecular formula is C4H4BrF3O3S. The lowest BCUT2D eigenvalue weighted by Crippen LogP contribution is -2.24. The highest BCUT2D eigenvalue weighted by Crippen LogP contribution is 2.26. The van der Waals surface area contributed by atoms with Crippen molar-refractivity contribution in [2.45, 2.75) is 12.4 Å². The van der Waals surface area contributed by atoms with Crippen molar-refractivity contribution in [1.29, 1.82) is 0 Å². The van der Waals surface area contributed by atoms with Crippen LogP contribution in [0.2, 0.25) is 0 Å². The first-order valence-corrected chi connectivity index (χ1v) is 4.81. The Morgan fingerprint density at radius 1 is 1.50 bits per heavy atom. The Morgan fingerprint density at radius 3 is 2.17 bits per heavy atom. The number of halogens is 4. The molecule has 0 atom stereocenters. The largest absolute Gasteiger partial charge is 0.534 e. The minimum atomic E-state index is -5.51. The lowest BCUT2D eigenvalue weighted by Gasteiger charge is -2.08. The highest BCUT2D eigenvalue weighted by Gasteiger charge is 2.48. The molecule has 8 heteroatoms. The predicted molar refractivity (Wildman–Crippen MR) is 38.7 cm³/mol. The molecule has 0 fully saturated rings. The summed E-state index contributed by atoms with van der Waals surface area (Å²) in [5.74, 6) is -0.396. The summed E-state index contributed by atoms with van der Waals surface area (Å²) in [7, 11) is -5.51. The Kier molecular flexibility index (Phi) is 3.58. The van der Waals surface area contributed by atoms with E-state index < -0.39 is 21.4 Å². The molecule has 0 aliphatic heterocycles. The van der Waals surface area contributed by atoms with Gasteiger partial charge in [0.2, 0.25) is 0 Å². The normalized spacial score (nSPS) is 14.6. The van der Waals surface area contributed by atoms with E-state index >= 15 is 0 Å². The Balaban J connectivity index is 4.70. The van der Waals surface area contributed by atoms with Crippen LogP contribution in [-0.2, 0) is 14.3 Å². The molecule has 0 heterocycles. The summed E-state index contributed by atoms with van der Waals surface area (Å²) >= 11 is 2.62. The fraction of sp³-hybridized carbons (Fsp3) is 0.500. The minimum absolute atomic E-state index is 0.396. The van der Waals surface area contributed by atoms with Gasteiger partial charge in [0, 0.05) is 4.99 Å². The fourth-order valence-corrected chi connectivity index (χ4v) is 0.944. The van der Waals surface area contributed by atoms with Crippen LogP contribution in [0.15, 0.2) is 10.7 Å². The van der Waals surface area contributed by atoms with E-state index in [0.717, 1.165) is 11.9 Å². The number of allylic oxidation sites excluding steroid dienone is 1. The summed E-state index contributed by atoms with van der Waals surface area (Å²) in [5.41, 5.74) is -5.38. The van der Waals surface area contributed by atoms with Crippen molar-refractivity contribution in [1.82, 2.24) is 0 Å². The van der Waals surface area contributed by atoms with E-state index in [-0.39, 0.29) is 0 Å². The van der Waals surface area contributed by atoms with Gasteiger partial charge in [-0.25, -0.2) is 0 Å². The van der Waals surface area contributed by atoms with E-state index in [9.17, 15) is 21.6 Å². The van der Waals surface area contributed by atoms with Crippen LogP contribution in [0.1, 0.15) is 6.92 Å². The van der Waals surface area contributed by atoms with E-state index in [4.69, 9.17) is 0 Å². The van der Waals surface area contributed by atoms with Gasteiger partial charge in [-0.15, -0.1) is 0 Å². The summed E-state index contributed by atoms with van der Waals surface area (Å²) in [6.07, 6.45) is 0. The number of hydrogen-bond donors (Lipinski definition) is 0. The maximum Gasteiger partial charge on any atom is 0.534 e. The third-order valence-corrected chi connectivity index (χ3v) is 2.37. The molecule has 0 aromatic carbocycles. The van der Waals surface area contributed by atoms with Gasteiger partial charge in [-0.2, -0.15) is 21.6 Å². The van der Waals surface area contributed by atoms with Gasteiger partial charge in [0.25, 0.3) is 0 Å². The molecule has 0 aliphatic carbocycles. The molecular weight excluding hydrogens is 265 g/mol. The van der Waals surface area contributed by atoms with Crippen LogP contribution in [0.3, 0.4) is 0 Å². The zero-order valence-electron chi connectivity index (χ0n) is 5.72. The molecule has 0 amide bonds. The van der Waals surface area contributed by atoms with Crippen LogP contribution in [-0.4, -0.2) is 13.9 Å².